The number of hydrogen-bond donors (Lipinski definition) is 1. The molecule has 0 saturated carbocycles. The Morgan fingerprint density at radius 1 is 1.11 bits per heavy atom. The highest BCUT2D eigenvalue weighted by molar-refractivity contribution is 7.80. The number of carbonyl (C=O) groups is 2. The maximum Gasteiger partial charge on any atom is 0.509 e. The maximum atomic E-state index is 10.6. The van der Waals surface area contributed by atoms with E-state index in [2.05, 4.69) is 18.9 Å². The molecule has 114 valence electrons. The third-order valence-electron chi connectivity index (χ3n) is 1.14. The lowest BCUT2D eigenvalue weighted by molar-refractivity contribution is 0.0383. The van der Waals surface area contributed by atoms with E-state index >= 15 is 0 Å². The number of ether oxygens (including phenoxy) is 4. The molecule has 0 N–H and O–H groups in total. The standard InChI is InChI=1S/C6H12O3S.C5H9ClO3/c1-5(2)9-6(7)8-3-4-10;1-4(2)9-5(7)8-3-6/h5,10H,3-4H2,1-2H3;4H,3H2,1-2H3/i/hT. The van der Waals surface area contributed by atoms with Crippen LogP contribution < -0.4 is 0 Å². The van der Waals surface area contributed by atoms with Crippen LogP contribution >= 0.6 is 24.1 Å². The van der Waals surface area contributed by atoms with Gasteiger partial charge in [-0.2, -0.15) is 12.5 Å². The summed E-state index contributed by atoms with van der Waals surface area (Å²) in [6, 6.07) is -0.161. The lowest BCUT2D eigenvalue weighted by Gasteiger charge is -2.06. The molecule has 0 aliphatic heterocycles. The van der Waals surface area contributed by atoms with Crippen molar-refractivity contribution in [3.05, 3.63) is 0 Å². The fourth-order valence-electron chi connectivity index (χ4n) is 0.622. The lowest BCUT2D eigenvalue weighted by Crippen LogP contribution is -2.13. The molecule has 8 heteroatoms. The molecule has 0 aliphatic rings. The van der Waals surface area contributed by atoms with Gasteiger partial charge in [0.25, 0.3) is 0 Å². The molecule has 0 radical (unpaired) electrons. The quantitative estimate of drug-likeness (QED) is 0.351. The average Bonchev–Trinajstić information content (AvgIpc) is 2.28. The Hall–Kier alpha value is -0.820. The molecule has 0 atom stereocenters. The molecule has 0 aromatic heterocycles. The smallest absolute Gasteiger partial charge is 0.433 e. The van der Waals surface area contributed by atoms with Crippen LogP contribution in [-0.2, 0) is 18.9 Å². The van der Waals surface area contributed by atoms with Crippen molar-refractivity contribution < 1.29 is 28.5 Å². The molecule has 0 fully saturated rings. The van der Waals surface area contributed by atoms with Crippen molar-refractivity contribution in [2.24, 2.45) is 0 Å². The number of alkyl halides is 1. The van der Waals surface area contributed by atoms with Crippen LogP contribution in [0, 0.1) is 0 Å². The van der Waals surface area contributed by atoms with Gasteiger partial charge in [-0.15, -0.1) is 0 Å². The fourth-order valence-corrected chi connectivity index (χ4v) is 0.795. The van der Waals surface area contributed by atoms with Crippen LogP contribution in [0.2, 0.25) is 0 Å². The molecule has 0 aromatic carbocycles. The fraction of sp³-hybridized carbons (Fsp3) is 0.818. The normalized spacial score (nSPS) is 10.2. The van der Waals surface area contributed by atoms with Crippen LogP contribution in [0.25, 0.3) is 0 Å². The van der Waals surface area contributed by atoms with Gasteiger partial charge in [0.15, 0.2) is 6.07 Å². The van der Waals surface area contributed by atoms with Crippen molar-refractivity contribution >= 4 is 36.4 Å². The SMILES string of the molecule is CC(C)OC(=O)OCCl.[3H]SCCOC(=O)OC(C)C. The second kappa shape index (κ2) is 13.6. The van der Waals surface area contributed by atoms with Crippen molar-refractivity contribution in [3.63, 3.8) is 0 Å². The largest absolute Gasteiger partial charge is 0.509 e. The Morgan fingerprint density at radius 2 is 1.58 bits per heavy atom. The first-order valence-electron chi connectivity index (χ1n) is 6.05. The summed E-state index contributed by atoms with van der Waals surface area (Å²) in [5.74, 6) is 0.479. The Morgan fingerprint density at radius 3 is 1.95 bits per heavy atom. The number of carbonyl (C=O) groups excluding carboxylic acids is 2. The van der Waals surface area contributed by atoms with Gasteiger partial charge in [-0.3, -0.25) is 0 Å². The van der Waals surface area contributed by atoms with E-state index in [1.807, 2.05) is 0 Å². The van der Waals surface area contributed by atoms with Crippen LogP contribution in [0.3, 0.4) is 0 Å². The van der Waals surface area contributed by atoms with Gasteiger partial charge in [0, 0.05) is 5.75 Å². The van der Waals surface area contributed by atoms with Gasteiger partial charge in [0.05, 0.1) is 12.2 Å². The average molecular weight is 319 g/mol. The maximum absolute atomic E-state index is 10.6. The van der Waals surface area contributed by atoms with Gasteiger partial charge < -0.3 is 18.9 Å². The predicted octanol–water partition coefficient (Wildman–Crippen LogP) is 3.22. The minimum Gasteiger partial charge on any atom is -0.433 e. The highest BCUT2D eigenvalue weighted by atomic mass is 35.5. The first-order chi connectivity index (χ1) is 9.33. The summed E-state index contributed by atoms with van der Waals surface area (Å²) in [5.41, 5.74) is 0. The van der Waals surface area contributed by atoms with Gasteiger partial charge in [-0.05, 0) is 27.7 Å². The monoisotopic (exact) mass is 318 g/mol. The zero-order valence-corrected chi connectivity index (χ0v) is 13.1. The van der Waals surface area contributed by atoms with Crippen molar-refractivity contribution in [3.8, 4) is 0 Å². The summed E-state index contributed by atoms with van der Waals surface area (Å²) in [5, 5.41) is 0. The zero-order valence-electron chi connectivity index (χ0n) is 12.5. The summed E-state index contributed by atoms with van der Waals surface area (Å²) in [6.07, 6.45) is -1.68. The first-order valence-corrected chi connectivity index (χ1v) is 6.75. The molecule has 0 unspecified atom stereocenters. The Bertz CT molecular complexity index is 265. The van der Waals surface area contributed by atoms with Crippen LogP contribution in [-0.4, -0.2) is 44.1 Å². The number of hydrogen-bond acceptors (Lipinski definition) is 7. The van der Waals surface area contributed by atoms with Crippen molar-refractivity contribution in [1.29, 1.82) is 1.12 Å². The van der Waals surface area contributed by atoms with E-state index in [1.54, 1.807) is 27.7 Å². The van der Waals surface area contributed by atoms with Crippen molar-refractivity contribution in [2.45, 2.75) is 39.9 Å². The molecule has 0 spiro atoms. The van der Waals surface area contributed by atoms with Gasteiger partial charge >= 0.3 is 12.3 Å². The Balaban J connectivity index is 0. The minimum atomic E-state index is -0.722. The van der Waals surface area contributed by atoms with E-state index in [4.69, 9.17) is 12.7 Å². The highest BCUT2D eigenvalue weighted by Crippen LogP contribution is 1.93. The molecule has 6 nitrogen and oxygen atoms in total. The first kappa shape index (κ1) is 18.2. The topological polar surface area (TPSA) is 71.1 Å². The van der Waals surface area contributed by atoms with Gasteiger partial charge in [-0.25, -0.2) is 9.59 Å². The van der Waals surface area contributed by atoms with E-state index in [-0.39, 0.29) is 24.9 Å². The number of thiol groups is 1. The van der Waals surface area contributed by atoms with Gasteiger partial charge in [0.2, 0.25) is 0 Å². The molecule has 0 saturated heterocycles. The van der Waals surface area contributed by atoms with Crippen molar-refractivity contribution in [1.82, 2.24) is 0 Å². The van der Waals surface area contributed by atoms with Gasteiger partial charge in [-0.1, -0.05) is 11.6 Å². The highest BCUT2D eigenvalue weighted by Gasteiger charge is 2.04. The van der Waals surface area contributed by atoms with Crippen LogP contribution in [0.1, 0.15) is 27.7 Å². The third kappa shape index (κ3) is 19.7. The second-order valence-corrected chi connectivity index (χ2v) is 4.27. The van der Waals surface area contributed by atoms with E-state index in [9.17, 15) is 9.59 Å². The zero-order chi connectivity index (χ0) is 16.0. The molecule has 0 bridgehead atoms. The van der Waals surface area contributed by atoms with E-state index in [0.29, 0.717) is 5.75 Å². The summed E-state index contributed by atoms with van der Waals surface area (Å²) < 4.78 is 24.7. The molecule has 19 heavy (non-hydrogen) atoms. The number of halogens is 1. The molecule has 0 heterocycles. The summed E-state index contributed by atoms with van der Waals surface area (Å²) in [4.78, 5) is 20.9. The van der Waals surface area contributed by atoms with Crippen LogP contribution in [0.4, 0.5) is 9.59 Å². The molecule has 0 amide bonds. The molecular weight excluding hydrogens is 296 g/mol. The molecule has 0 aromatic rings. The van der Waals surface area contributed by atoms with E-state index in [0.717, 1.165) is 12.5 Å². The van der Waals surface area contributed by atoms with Crippen LogP contribution in [0.5, 0.6) is 0 Å². The minimum absolute atomic E-state index is 0.147. The summed E-state index contributed by atoms with van der Waals surface area (Å²) in [6.45, 7) is 7.20. The summed E-state index contributed by atoms with van der Waals surface area (Å²) in [7, 11) is 0. The Kier molecular flexibility index (Phi) is 13.0. The predicted molar refractivity (Wildman–Crippen MR) is 74.8 cm³/mol. The van der Waals surface area contributed by atoms with E-state index in [1.165, 1.54) is 0 Å². The van der Waals surface area contributed by atoms with Crippen molar-refractivity contribution in [2.75, 3.05) is 18.4 Å². The third-order valence-corrected chi connectivity index (χ3v) is 1.42. The molecular formula is C11H21ClO6S. The van der Waals surface area contributed by atoms with E-state index < -0.39 is 12.3 Å². The van der Waals surface area contributed by atoms with Crippen LogP contribution in [0.15, 0.2) is 0 Å². The molecule has 0 aliphatic carbocycles. The van der Waals surface area contributed by atoms with Gasteiger partial charge in [0.1, 0.15) is 7.73 Å². The Labute approximate surface area is 125 Å². The second-order valence-electron chi connectivity index (χ2n) is 3.64. The molecule has 0 rings (SSSR count). The lowest BCUT2D eigenvalue weighted by atomic mass is 10.5. The summed E-state index contributed by atoms with van der Waals surface area (Å²) >= 11 is 5.94. The number of rotatable bonds is 6.